The molecule has 0 aliphatic heterocycles. The number of aliphatic carboxylic acids is 1. The summed E-state index contributed by atoms with van der Waals surface area (Å²) in [7, 11) is 0. The van der Waals surface area contributed by atoms with Gasteiger partial charge in [-0.25, -0.2) is 4.79 Å². The van der Waals surface area contributed by atoms with Gasteiger partial charge in [0.05, 0.1) is 12.5 Å². The highest BCUT2D eigenvalue weighted by Gasteiger charge is 2.30. The summed E-state index contributed by atoms with van der Waals surface area (Å²) in [5, 5.41) is 26.6. The van der Waals surface area contributed by atoms with Crippen molar-refractivity contribution in [3.63, 3.8) is 0 Å². The van der Waals surface area contributed by atoms with Crippen molar-refractivity contribution < 1.29 is 34.2 Å². The molecule has 4 unspecified atom stereocenters. The third-order valence-electron chi connectivity index (χ3n) is 5.57. The molecule has 0 aliphatic rings. The van der Waals surface area contributed by atoms with E-state index in [0.717, 1.165) is 0 Å². The second-order valence-corrected chi connectivity index (χ2v) is 9.72. The molecule has 4 amide bonds. The fourth-order valence-electron chi connectivity index (χ4n) is 3.46. The number of phenolic OH excluding ortho intramolecular Hbond substituents is 1. The first-order valence-electron chi connectivity index (χ1n) is 12.1. The lowest BCUT2D eigenvalue weighted by Gasteiger charge is -2.25. The molecule has 4 atom stereocenters. The summed E-state index contributed by atoms with van der Waals surface area (Å²) in [6, 6.07) is 1.23. The number of rotatable bonds is 18. The average Bonchev–Trinajstić information content (AvgIpc) is 2.85. The number of carbonyl (C=O) groups is 5. The van der Waals surface area contributed by atoms with Gasteiger partial charge >= 0.3 is 5.97 Å². The minimum atomic E-state index is -1.26. The summed E-state index contributed by atoms with van der Waals surface area (Å²) in [4.78, 5) is 61.6. The monoisotopic (exact) mass is 554 g/mol. The van der Waals surface area contributed by atoms with Crippen molar-refractivity contribution >= 4 is 41.4 Å². The molecule has 0 aromatic heterocycles. The van der Waals surface area contributed by atoms with E-state index in [4.69, 9.17) is 17.2 Å². The first kappa shape index (κ1) is 32.7. The summed E-state index contributed by atoms with van der Waals surface area (Å²) in [6.07, 6.45) is 2.78. The van der Waals surface area contributed by atoms with Crippen LogP contribution in [0.1, 0.15) is 37.7 Å². The Hall–Kier alpha value is -3.36. The molecule has 1 rings (SSSR count). The molecule has 38 heavy (non-hydrogen) atoms. The van der Waals surface area contributed by atoms with Crippen LogP contribution in [0.15, 0.2) is 24.3 Å². The number of carboxylic acids is 1. The lowest BCUT2D eigenvalue weighted by Crippen LogP contribution is -2.57. The normalized spacial score (nSPS) is 14.0. The van der Waals surface area contributed by atoms with Crippen LogP contribution in [0.4, 0.5) is 0 Å². The van der Waals surface area contributed by atoms with Gasteiger partial charge in [-0.15, -0.1) is 0 Å². The van der Waals surface area contributed by atoms with Gasteiger partial charge in [0, 0.05) is 6.42 Å². The van der Waals surface area contributed by atoms with Gasteiger partial charge in [-0.1, -0.05) is 12.1 Å². The van der Waals surface area contributed by atoms with Gasteiger partial charge in [0.2, 0.25) is 23.6 Å². The standard InChI is InChI=1S/C24H38N6O7S/c1-38-11-9-18(24(36)37)29-23(35)19(12-14-5-7-15(31)8-6-14)30-22(34)17(4-2-3-10-25)28-21(33)16(26)13-20(27)32/h5-8,16-19,31H,2-4,9-13,25-26H2,1H3,(H2,27,32)(H,28,33)(H,29,35)(H,30,34)(H,36,37). The molecule has 14 heteroatoms. The number of thioether (sulfide) groups is 1. The Kier molecular flexibility index (Phi) is 14.8. The van der Waals surface area contributed by atoms with Crippen LogP contribution in [0, 0.1) is 0 Å². The molecule has 0 bridgehead atoms. The van der Waals surface area contributed by atoms with Crippen molar-refractivity contribution in [1.29, 1.82) is 0 Å². The molecule has 0 aliphatic carbocycles. The van der Waals surface area contributed by atoms with Crippen LogP contribution in [-0.4, -0.2) is 82.5 Å². The van der Waals surface area contributed by atoms with E-state index in [9.17, 15) is 34.2 Å². The fourth-order valence-corrected chi connectivity index (χ4v) is 3.94. The second kappa shape index (κ2) is 17.2. The first-order valence-corrected chi connectivity index (χ1v) is 13.5. The highest BCUT2D eigenvalue weighted by atomic mass is 32.2. The number of phenols is 1. The number of hydrogen-bond donors (Lipinski definition) is 8. The Morgan fingerprint density at radius 2 is 1.47 bits per heavy atom. The number of primary amides is 1. The van der Waals surface area contributed by atoms with Gasteiger partial charge in [0.1, 0.15) is 23.9 Å². The molecule has 0 spiro atoms. The van der Waals surface area contributed by atoms with Crippen LogP contribution in [0.5, 0.6) is 5.75 Å². The fraction of sp³-hybridized carbons (Fsp3) is 0.542. The summed E-state index contributed by atoms with van der Waals surface area (Å²) in [5.41, 5.74) is 16.9. The van der Waals surface area contributed by atoms with Gasteiger partial charge in [-0.3, -0.25) is 19.2 Å². The van der Waals surface area contributed by atoms with Crippen LogP contribution in [0.3, 0.4) is 0 Å². The third-order valence-corrected chi connectivity index (χ3v) is 6.22. The molecule has 1 aromatic rings. The highest BCUT2D eigenvalue weighted by Crippen LogP contribution is 2.13. The number of carbonyl (C=O) groups excluding carboxylic acids is 4. The number of unbranched alkanes of at least 4 members (excludes halogenated alkanes) is 1. The Morgan fingerprint density at radius 3 is 2.03 bits per heavy atom. The van der Waals surface area contributed by atoms with E-state index >= 15 is 0 Å². The molecular weight excluding hydrogens is 516 g/mol. The number of aromatic hydroxyl groups is 1. The zero-order valence-corrected chi connectivity index (χ0v) is 22.2. The number of benzene rings is 1. The summed E-state index contributed by atoms with van der Waals surface area (Å²) in [5.74, 6) is -3.67. The van der Waals surface area contributed by atoms with Crippen molar-refractivity contribution in [2.45, 2.75) is 62.7 Å². The molecule has 0 heterocycles. The molecule has 0 saturated heterocycles. The van der Waals surface area contributed by atoms with Crippen molar-refractivity contribution in [2.75, 3.05) is 18.6 Å². The van der Waals surface area contributed by atoms with E-state index in [1.165, 1.54) is 23.9 Å². The number of nitrogens with one attached hydrogen (secondary N) is 3. The van der Waals surface area contributed by atoms with Crippen LogP contribution in [0.25, 0.3) is 0 Å². The van der Waals surface area contributed by atoms with E-state index in [2.05, 4.69) is 16.0 Å². The van der Waals surface area contributed by atoms with Gasteiger partial charge in [-0.2, -0.15) is 11.8 Å². The SMILES string of the molecule is CSCCC(NC(=O)C(Cc1ccc(O)cc1)NC(=O)C(CCCCN)NC(=O)C(N)CC(N)=O)C(=O)O. The molecule has 1 aromatic carbocycles. The number of amides is 4. The molecule has 212 valence electrons. The van der Waals surface area contributed by atoms with Crippen LogP contribution in [-0.2, 0) is 30.4 Å². The van der Waals surface area contributed by atoms with Crippen molar-refractivity contribution in [3.05, 3.63) is 29.8 Å². The van der Waals surface area contributed by atoms with E-state index < -0.39 is 60.2 Å². The van der Waals surface area contributed by atoms with Crippen molar-refractivity contribution in [1.82, 2.24) is 16.0 Å². The lowest BCUT2D eigenvalue weighted by molar-refractivity contribution is -0.142. The third kappa shape index (κ3) is 12.3. The van der Waals surface area contributed by atoms with E-state index in [1.807, 2.05) is 6.26 Å². The van der Waals surface area contributed by atoms with E-state index in [0.29, 0.717) is 30.7 Å². The van der Waals surface area contributed by atoms with E-state index in [1.54, 1.807) is 12.1 Å². The van der Waals surface area contributed by atoms with Crippen molar-refractivity contribution in [3.8, 4) is 5.75 Å². The number of nitrogens with two attached hydrogens (primary N) is 3. The Bertz CT molecular complexity index is 947. The quantitative estimate of drug-likeness (QED) is 0.0982. The summed E-state index contributed by atoms with van der Waals surface area (Å²) in [6.45, 7) is 0.363. The Labute approximate surface area is 225 Å². The molecule has 0 fully saturated rings. The van der Waals surface area contributed by atoms with Gasteiger partial charge < -0.3 is 43.4 Å². The topological polar surface area (TPSA) is 240 Å². The maximum atomic E-state index is 13.2. The maximum Gasteiger partial charge on any atom is 0.326 e. The Balaban J connectivity index is 3.14. The van der Waals surface area contributed by atoms with Crippen LogP contribution < -0.4 is 33.2 Å². The van der Waals surface area contributed by atoms with Gasteiger partial charge in [0.25, 0.3) is 0 Å². The van der Waals surface area contributed by atoms with E-state index in [-0.39, 0.29) is 25.0 Å². The molecule has 0 saturated carbocycles. The molecule has 13 nitrogen and oxygen atoms in total. The Morgan fingerprint density at radius 1 is 0.895 bits per heavy atom. The van der Waals surface area contributed by atoms with Crippen LogP contribution in [0.2, 0.25) is 0 Å². The largest absolute Gasteiger partial charge is 0.508 e. The number of carboxylic acid groups (broad SMARTS) is 1. The number of hydrogen-bond acceptors (Lipinski definition) is 9. The smallest absolute Gasteiger partial charge is 0.326 e. The van der Waals surface area contributed by atoms with Crippen LogP contribution >= 0.6 is 11.8 Å². The van der Waals surface area contributed by atoms with Crippen molar-refractivity contribution in [2.24, 2.45) is 17.2 Å². The minimum Gasteiger partial charge on any atom is -0.508 e. The maximum absolute atomic E-state index is 13.2. The minimum absolute atomic E-state index is 0.0109. The summed E-state index contributed by atoms with van der Waals surface area (Å²) >= 11 is 1.43. The zero-order valence-electron chi connectivity index (χ0n) is 21.4. The molecule has 11 N–H and O–H groups in total. The molecular formula is C24H38N6O7S. The predicted molar refractivity (Wildman–Crippen MR) is 143 cm³/mol. The predicted octanol–water partition coefficient (Wildman–Crippen LogP) is -1.44. The molecule has 0 radical (unpaired) electrons. The second-order valence-electron chi connectivity index (χ2n) is 8.74. The zero-order chi connectivity index (χ0) is 28.7. The van der Waals surface area contributed by atoms with Gasteiger partial charge in [0.15, 0.2) is 0 Å². The lowest BCUT2D eigenvalue weighted by atomic mass is 10.0. The average molecular weight is 555 g/mol. The van der Waals surface area contributed by atoms with Gasteiger partial charge in [-0.05, 0) is 61.9 Å². The highest BCUT2D eigenvalue weighted by molar-refractivity contribution is 7.98. The summed E-state index contributed by atoms with van der Waals surface area (Å²) < 4.78 is 0. The first-order chi connectivity index (χ1) is 18.0.